The monoisotopic (exact) mass is 276 g/mol. The van der Waals surface area contributed by atoms with E-state index in [2.05, 4.69) is 43.5 Å². The molecule has 0 saturated heterocycles. The lowest BCUT2D eigenvalue weighted by molar-refractivity contribution is 0.416. The molecule has 1 heterocycles. The van der Waals surface area contributed by atoms with E-state index >= 15 is 0 Å². The van der Waals surface area contributed by atoms with Crippen LogP contribution < -0.4 is 16.0 Å². The van der Waals surface area contributed by atoms with E-state index in [0.717, 1.165) is 16.2 Å². The van der Waals surface area contributed by atoms with E-state index in [1.165, 1.54) is 5.56 Å². The molecule has 0 bridgehead atoms. The lowest BCUT2D eigenvalue weighted by Gasteiger charge is -2.15. The summed E-state index contributed by atoms with van der Waals surface area (Å²) in [6.07, 6.45) is 0. The number of hydrazine groups is 1. The number of hydrogen-bond acceptors (Lipinski definition) is 4. The molecule has 0 fully saturated rings. The zero-order valence-corrected chi connectivity index (χ0v) is 12.3. The summed E-state index contributed by atoms with van der Waals surface area (Å²) in [6, 6.07) is 10.6. The molecule has 2 aromatic rings. The van der Waals surface area contributed by atoms with Gasteiger partial charge in [-0.1, -0.05) is 38.1 Å². The summed E-state index contributed by atoms with van der Waals surface area (Å²) in [7, 11) is 1.67. The van der Waals surface area contributed by atoms with Crippen molar-refractivity contribution in [2.45, 2.75) is 25.8 Å². The molecule has 1 aromatic heterocycles. The van der Waals surface area contributed by atoms with Gasteiger partial charge in [-0.05, 0) is 23.1 Å². The van der Waals surface area contributed by atoms with E-state index in [9.17, 15) is 0 Å². The van der Waals surface area contributed by atoms with Crippen molar-refractivity contribution < 1.29 is 4.74 Å². The largest absolute Gasteiger partial charge is 0.496 e. The Morgan fingerprint density at radius 1 is 1.16 bits per heavy atom. The highest BCUT2D eigenvalue weighted by molar-refractivity contribution is 7.10. The Labute approximate surface area is 118 Å². The van der Waals surface area contributed by atoms with Crippen molar-refractivity contribution in [3.05, 3.63) is 51.7 Å². The second-order valence-corrected chi connectivity index (χ2v) is 5.75. The Kier molecular flexibility index (Phi) is 4.58. The third-order valence-electron chi connectivity index (χ3n) is 3.22. The molecule has 3 nitrogen and oxygen atoms in total. The quantitative estimate of drug-likeness (QED) is 0.649. The average Bonchev–Trinajstić information content (AvgIpc) is 2.89. The van der Waals surface area contributed by atoms with Crippen LogP contribution in [0.3, 0.4) is 0 Å². The molecule has 0 spiro atoms. The van der Waals surface area contributed by atoms with Gasteiger partial charge in [0.05, 0.1) is 13.2 Å². The average molecular weight is 276 g/mol. The molecular weight excluding hydrogens is 256 g/mol. The molecule has 1 aromatic carbocycles. The molecule has 3 N–H and O–H groups in total. The number of thiophene rings is 1. The molecule has 0 aliphatic heterocycles. The van der Waals surface area contributed by atoms with Crippen LogP contribution in [0.25, 0.3) is 0 Å². The van der Waals surface area contributed by atoms with Gasteiger partial charge in [0.15, 0.2) is 0 Å². The van der Waals surface area contributed by atoms with Crippen molar-refractivity contribution in [2.24, 2.45) is 5.84 Å². The molecule has 0 radical (unpaired) electrons. The van der Waals surface area contributed by atoms with Crippen LogP contribution in [-0.4, -0.2) is 7.11 Å². The van der Waals surface area contributed by atoms with Gasteiger partial charge in [0.1, 0.15) is 5.75 Å². The Morgan fingerprint density at radius 3 is 2.26 bits per heavy atom. The fraction of sp³-hybridized carbons (Fsp3) is 0.333. The van der Waals surface area contributed by atoms with E-state index in [-0.39, 0.29) is 6.04 Å². The normalized spacial score (nSPS) is 12.7. The third kappa shape index (κ3) is 3.15. The van der Waals surface area contributed by atoms with Crippen LogP contribution in [0.1, 0.15) is 41.8 Å². The first kappa shape index (κ1) is 14.1. The molecule has 0 saturated carbocycles. The van der Waals surface area contributed by atoms with E-state index in [1.54, 1.807) is 18.4 Å². The van der Waals surface area contributed by atoms with Crippen molar-refractivity contribution in [1.29, 1.82) is 0 Å². The zero-order valence-electron chi connectivity index (χ0n) is 11.5. The summed E-state index contributed by atoms with van der Waals surface area (Å²) in [4.78, 5) is 1.15. The molecule has 4 heteroatoms. The van der Waals surface area contributed by atoms with Crippen LogP contribution in [0.5, 0.6) is 5.75 Å². The number of nitrogens with one attached hydrogen (secondary N) is 1. The molecular formula is C15H20N2OS. The lowest BCUT2D eigenvalue weighted by atomic mass is 9.99. The minimum absolute atomic E-state index is 0.00936. The van der Waals surface area contributed by atoms with Crippen LogP contribution in [0.4, 0.5) is 0 Å². The van der Waals surface area contributed by atoms with Gasteiger partial charge in [0.25, 0.3) is 0 Å². The predicted molar refractivity (Wildman–Crippen MR) is 80.6 cm³/mol. The van der Waals surface area contributed by atoms with Gasteiger partial charge in [-0.15, -0.1) is 11.3 Å². The second-order valence-electron chi connectivity index (χ2n) is 4.81. The summed E-state index contributed by atoms with van der Waals surface area (Å²) in [5.41, 5.74) is 5.38. The minimum Gasteiger partial charge on any atom is -0.496 e. The maximum absolute atomic E-state index is 5.70. The topological polar surface area (TPSA) is 47.3 Å². The molecule has 1 unspecified atom stereocenters. The number of nitrogens with two attached hydrogens (primary N) is 1. The van der Waals surface area contributed by atoms with Gasteiger partial charge in [-0.3, -0.25) is 5.84 Å². The van der Waals surface area contributed by atoms with Gasteiger partial charge < -0.3 is 4.74 Å². The van der Waals surface area contributed by atoms with Gasteiger partial charge >= 0.3 is 0 Å². The fourth-order valence-electron chi connectivity index (χ4n) is 2.01. The summed E-state index contributed by atoms with van der Waals surface area (Å²) < 4.78 is 5.22. The minimum atomic E-state index is 0.00936. The first-order valence-corrected chi connectivity index (χ1v) is 7.22. The fourth-order valence-corrected chi connectivity index (χ4v) is 2.95. The lowest BCUT2D eigenvalue weighted by Crippen LogP contribution is -2.28. The van der Waals surface area contributed by atoms with E-state index in [1.807, 2.05) is 11.4 Å². The summed E-state index contributed by atoms with van der Waals surface area (Å²) in [6.45, 7) is 4.38. The maximum atomic E-state index is 5.70. The zero-order chi connectivity index (χ0) is 13.8. The summed E-state index contributed by atoms with van der Waals surface area (Å²) in [5, 5.41) is 1.99. The van der Waals surface area contributed by atoms with Gasteiger partial charge in [0.2, 0.25) is 0 Å². The van der Waals surface area contributed by atoms with E-state index in [0.29, 0.717) is 5.92 Å². The molecule has 2 rings (SSSR count). The van der Waals surface area contributed by atoms with E-state index in [4.69, 9.17) is 10.6 Å². The Balaban J connectivity index is 2.26. The van der Waals surface area contributed by atoms with E-state index < -0.39 is 0 Å². The van der Waals surface area contributed by atoms with Crippen LogP contribution >= 0.6 is 11.3 Å². The van der Waals surface area contributed by atoms with Crippen molar-refractivity contribution in [1.82, 2.24) is 5.43 Å². The predicted octanol–water partition coefficient (Wildman–Crippen LogP) is 3.43. The van der Waals surface area contributed by atoms with Crippen molar-refractivity contribution in [3.8, 4) is 5.75 Å². The molecule has 0 amide bonds. The molecule has 1 atom stereocenters. The smallest absolute Gasteiger partial charge is 0.129 e. The van der Waals surface area contributed by atoms with Crippen LogP contribution in [-0.2, 0) is 0 Å². The molecule has 19 heavy (non-hydrogen) atoms. The SMILES string of the molecule is COc1csc(C(NN)c2ccc(C(C)C)cc2)c1. The Morgan fingerprint density at radius 2 is 1.79 bits per heavy atom. The highest BCUT2D eigenvalue weighted by Crippen LogP contribution is 2.31. The maximum Gasteiger partial charge on any atom is 0.129 e. The number of benzene rings is 1. The standard InChI is InChI=1S/C15H20N2OS/c1-10(2)11-4-6-12(7-5-11)15(17-16)14-8-13(18-3)9-19-14/h4-10,15,17H,16H2,1-3H3. The van der Waals surface area contributed by atoms with Gasteiger partial charge in [0, 0.05) is 10.3 Å². The molecule has 0 aliphatic rings. The number of methoxy groups -OCH3 is 1. The van der Waals surface area contributed by atoms with Crippen molar-refractivity contribution in [2.75, 3.05) is 7.11 Å². The highest BCUT2D eigenvalue weighted by atomic mass is 32.1. The van der Waals surface area contributed by atoms with Gasteiger partial charge in [-0.25, -0.2) is 5.43 Å². The summed E-state index contributed by atoms with van der Waals surface area (Å²) in [5.74, 6) is 7.12. The molecule has 0 aliphatic carbocycles. The summed E-state index contributed by atoms with van der Waals surface area (Å²) >= 11 is 1.64. The first-order chi connectivity index (χ1) is 9.15. The highest BCUT2D eigenvalue weighted by Gasteiger charge is 2.15. The van der Waals surface area contributed by atoms with Gasteiger partial charge in [-0.2, -0.15) is 0 Å². The first-order valence-electron chi connectivity index (χ1n) is 6.34. The molecule has 102 valence electrons. The van der Waals surface area contributed by atoms with Crippen molar-refractivity contribution >= 4 is 11.3 Å². The van der Waals surface area contributed by atoms with Crippen LogP contribution in [0.2, 0.25) is 0 Å². The Bertz CT molecular complexity index is 519. The van der Waals surface area contributed by atoms with Crippen LogP contribution in [0, 0.1) is 0 Å². The van der Waals surface area contributed by atoms with Crippen molar-refractivity contribution in [3.63, 3.8) is 0 Å². The third-order valence-corrected chi connectivity index (χ3v) is 4.19. The number of rotatable bonds is 5. The number of ether oxygens (including phenoxy) is 1. The second kappa shape index (κ2) is 6.19. The Hall–Kier alpha value is -1.36. The number of hydrogen-bond donors (Lipinski definition) is 2. The van der Waals surface area contributed by atoms with Crippen LogP contribution in [0.15, 0.2) is 35.7 Å².